The van der Waals surface area contributed by atoms with E-state index in [-0.39, 0.29) is 11.8 Å². The number of unbranched alkanes of at least 4 members (excludes halogenated alkanes) is 3. The molecule has 0 spiro atoms. The Bertz CT molecular complexity index is 876. The van der Waals surface area contributed by atoms with Gasteiger partial charge in [-0.05, 0) is 30.7 Å². The highest BCUT2D eigenvalue weighted by molar-refractivity contribution is 6.10. The van der Waals surface area contributed by atoms with Gasteiger partial charge >= 0.3 is 0 Å². The zero-order valence-electron chi connectivity index (χ0n) is 18.7. The molecule has 1 aliphatic heterocycles. The largest absolute Gasteiger partial charge is 0.493 e. The average Bonchev–Trinajstić information content (AvgIpc) is 2.79. The van der Waals surface area contributed by atoms with Gasteiger partial charge in [0.2, 0.25) is 0 Å². The Morgan fingerprint density at radius 1 is 0.968 bits per heavy atom. The van der Waals surface area contributed by atoms with E-state index in [2.05, 4.69) is 19.3 Å². The van der Waals surface area contributed by atoms with Crippen LogP contribution in [0.5, 0.6) is 5.75 Å². The number of likely N-dealkylation sites (N-methyl/N-ethyl adjacent to an activating group) is 1. The van der Waals surface area contributed by atoms with Crippen LogP contribution < -0.4 is 15.0 Å². The van der Waals surface area contributed by atoms with E-state index >= 15 is 0 Å². The van der Waals surface area contributed by atoms with Gasteiger partial charge in [-0.25, -0.2) is 0 Å². The minimum Gasteiger partial charge on any atom is -0.493 e. The van der Waals surface area contributed by atoms with Crippen molar-refractivity contribution in [1.29, 1.82) is 0 Å². The van der Waals surface area contributed by atoms with Crippen molar-refractivity contribution >= 4 is 17.5 Å². The summed E-state index contributed by atoms with van der Waals surface area (Å²) in [6, 6.07) is 14.5. The van der Waals surface area contributed by atoms with Gasteiger partial charge in [0.1, 0.15) is 5.75 Å². The second-order valence-corrected chi connectivity index (χ2v) is 8.15. The summed E-state index contributed by atoms with van der Waals surface area (Å²) < 4.78 is 5.89. The molecule has 6 nitrogen and oxygen atoms in total. The highest BCUT2D eigenvalue weighted by atomic mass is 16.5. The number of rotatable bonds is 9. The first-order valence-electron chi connectivity index (χ1n) is 11.3. The molecule has 0 atom stereocenters. The lowest BCUT2D eigenvalue weighted by Crippen LogP contribution is -3.12. The van der Waals surface area contributed by atoms with Gasteiger partial charge in [0, 0.05) is 0 Å². The maximum absolute atomic E-state index is 13.1. The summed E-state index contributed by atoms with van der Waals surface area (Å²) in [5.74, 6) is 0.262. The molecule has 2 aromatic rings. The number of para-hydroxylation sites is 2. The van der Waals surface area contributed by atoms with Crippen molar-refractivity contribution < 1.29 is 19.2 Å². The molecule has 166 valence electrons. The van der Waals surface area contributed by atoms with Crippen molar-refractivity contribution in [2.24, 2.45) is 0 Å². The lowest BCUT2D eigenvalue weighted by atomic mass is 10.1. The van der Waals surface area contributed by atoms with Gasteiger partial charge in [-0.15, -0.1) is 0 Å². The maximum Gasteiger partial charge on any atom is 0.259 e. The molecule has 2 amide bonds. The topological polar surface area (TPSA) is 63.1 Å². The molecule has 2 N–H and O–H groups in total. The van der Waals surface area contributed by atoms with Crippen molar-refractivity contribution in [3.8, 4) is 5.75 Å². The first kappa shape index (κ1) is 22.8. The van der Waals surface area contributed by atoms with Gasteiger partial charge in [-0.2, -0.15) is 0 Å². The van der Waals surface area contributed by atoms with Crippen LogP contribution in [0.25, 0.3) is 0 Å². The zero-order chi connectivity index (χ0) is 22.1. The van der Waals surface area contributed by atoms with Gasteiger partial charge in [-0.1, -0.05) is 50.5 Å². The predicted molar refractivity (Wildman–Crippen MR) is 123 cm³/mol. The molecule has 0 unspecified atom stereocenters. The molecule has 0 aromatic heterocycles. The van der Waals surface area contributed by atoms with Crippen LogP contribution in [0.2, 0.25) is 0 Å². The Balaban J connectivity index is 1.69. The number of anilines is 1. The number of amides is 2. The molecule has 1 saturated heterocycles. The minimum absolute atomic E-state index is 0.0381. The highest BCUT2D eigenvalue weighted by Crippen LogP contribution is 2.23. The quantitative estimate of drug-likeness (QED) is 0.609. The molecule has 2 aromatic carbocycles. The first-order chi connectivity index (χ1) is 15.1. The number of nitrogens with one attached hydrogen (secondary N) is 2. The van der Waals surface area contributed by atoms with Crippen LogP contribution in [0.3, 0.4) is 0 Å². The van der Waals surface area contributed by atoms with E-state index in [1.807, 2.05) is 35.2 Å². The third-order valence-electron chi connectivity index (χ3n) is 5.70. The number of benzene rings is 2. The fourth-order valence-corrected chi connectivity index (χ4v) is 3.72. The van der Waals surface area contributed by atoms with Crippen molar-refractivity contribution in [2.45, 2.75) is 32.6 Å². The van der Waals surface area contributed by atoms with E-state index in [9.17, 15) is 9.59 Å². The second kappa shape index (κ2) is 11.5. The van der Waals surface area contributed by atoms with E-state index < -0.39 is 0 Å². The number of piperazine rings is 1. The van der Waals surface area contributed by atoms with Crippen LogP contribution >= 0.6 is 0 Å². The van der Waals surface area contributed by atoms with Gasteiger partial charge in [0.15, 0.2) is 0 Å². The second-order valence-electron chi connectivity index (χ2n) is 8.15. The molecule has 6 heteroatoms. The molecule has 1 aliphatic rings. The van der Waals surface area contributed by atoms with Crippen molar-refractivity contribution in [2.75, 3.05) is 45.2 Å². The number of ether oxygens (including phenoxy) is 1. The number of nitrogens with zero attached hydrogens (tertiary/aromatic N) is 1. The smallest absolute Gasteiger partial charge is 0.259 e. The summed E-state index contributed by atoms with van der Waals surface area (Å²) in [4.78, 5) is 29.4. The molecule has 1 heterocycles. The van der Waals surface area contributed by atoms with E-state index in [0.717, 1.165) is 39.0 Å². The lowest BCUT2D eigenvalue weighted by molar-refractivity contribution is -0.883. The van der Waals surface area contributed by atoms with Crippen molar-refractivity contribution in [1.82, 2.24) is 4.90 Å². The van der Waals surface area contributed by atoms with Crippen LogP contribution in [-0.2, 0) is 0 Å². The van der Waals surface area contributed by atoms with Crippen LogP contribution in [0.1, 0.15) is 53.3 Å². The Kier molecular flexibility index (Phi) is 8.47. The summed E-state index contributed by atoms with van der Waals surface area (Å²) in [7, 11) is 2.14. The molecule has 0 aliphatic carbocycles. The van der Waals surface area contributed by atoms with Gasteiger partial charge < -0.3 is 19.9 Å². The Morgan fingerprint density at radius 3 is 2.39 bits per heavy atom. The predicted octanol–water partition coefficient (Wildman–Crippen LogP) is 2.87. The molecular formula is C25H34N3O3+. The lowest BCUT2D eigenvalue weighted by Gasteiger charge is -2.30. The number of quaternary nitrogens is 1. The Morgan fingerprint density at radius 2 is 1.65 bits per heavy atom. The Hall–Kier alpha value is -2.86. The SMILES string of the molecule is CCCCCCOc1ccccc1C(=O)Nc1ccccc1C(=O)N1CC[NH+](C)CC1. The molecule has 3 rings (SSSR count). The van der Waals surface area contributed by atoms with E-state index in [1.54, 1.807) is 18.2 Å². The van der Waals surface area contributed by atoms with Crippen LogP contribution in [0.15, 0.2) is 48.5 Å². The third kappa shape index (κ3) is 6.31. The monoisotopic (exact) mass is 424 g/mol. The van der Waals surface area contributed by atoms with Gasteiger partial charge in [-0.3, -0.25) is 9.59 Å². The van der Waals surface area contributed by atoms with Crippen LogP contribution in [0.4, 0.5) is 5.69 Å². The van der Waals surface area contributed by atoms with E-state index in [1.165, 1.54) is 17.7 Å². The van der Waals surface area contributed by atoms with Crippen LogP contribution in [0, 0.1) is 0 Å². The Labute approximate surface area is 185 Å². The normalized spacial score (nSPS) is 14.3. The molecule has 0 saturated carbocycles. The molecule has 31 heavy (non-hydrogen) atoms. The number of hydrogen-bond donors (Lipinski definition) is 2. The molecule has 0 bridgehead atoms. The molecule has 0 radical (unpaired) electrons. The fourth-order valence-electron chi connectivity index (χ4n) is 3.72. The van der Waals surface area contributed by atoms with E-state index in [0.29, 0.717) is 29.2 Å². The number of carbonyl (C=O) groups excluding carboxylic acids is 2. The van der Waals surface area contributed by atoms with Gasteiger partial charge in [0.25, 0.3) is 11.8 Å². The summed E-state index contributed by atoms with van der Waals surface area (Å²) in [5.41, 5.74) is 1.53. The zero-order valence-corrected chi connectivity index (χ0v) is 18.7. The maximum atomic E-state index is 13.1. The van der Waals surface area contributed by atoms with Crippen LogP contribution in [-0.4, -0.2) is 56.5 Å². The standard InChI is InChI=1S/C25H33N3O3/c1-3-4-5-10-19-31-23-14-9-7-12-21(23)24(29)26-22-13-8-6-11-20(22)25(30)28-17-15-27(2)16-18-28/h6-9,11-14H,3-5,10,15-19H2,1-2H3,(H,26,29)/p+1. The first-order valence-corrected chi connectivity index (χ1v) is 11.3. The molecule has 1 fully saturated rings. The minimum atomic E-state index is -0.271. The molecular weight excluding hydrogens is 390 g/mol. The summed E-state index contributed by atoms with van der Waals surface area (Å²) in [6.45, 7) is 6.08. The average molecular weight is 425 g/mol. The fraction of sp³-hybridized carbons (Fsp3) is 0.440. The summed E-state index contributed by atoms with van der Waals surface area (Å²) >= 11 is 0. The highest BCUT2D eigenvalue weighted by Gasteiger charge is 2.25. The third-order valence-corrected chi connectivity index (χ3v) is 5.70. The van der Waals surface area contributed by atoms with Crippen molar-refractivity contribution in [3.05, 3.63) is 59.7 Å². The summed E-state index contributed by atoms with van der Waals surface area (Å²) in [5, 5.41) is 2.94. The van der Waals surface area contributed by atoms with Gasteiger partial charge in [0.05, 0.1) is 56.6 Å². The number of carbonyl (C=O) groups is 2. The summed E-state index contributed by atoms with van der Waals surface area (Å²) in [6.07, 6.45) is 4.44. The van der Waals surface area contributed by atoms with Crippen molar-refractivity contribution in [3.63, 3.8) is 0 Å². The van der Waals surface area contributed by atoms with E-state index in [4.69, 9.17) is 4.74 Å². The number of hydrogen-bond acceptors (Lipinski definition) is 3.